The zero-order valence-corrected chi connectivity index (χ0v) is 15.3. The van der Waals surface area contributed by atoms with Crippen molar-refractivity contribution in [2.24, 2.45) is 0 Å². The van der Waals surface area contributed by atoms with Gasteiger partial charge >= 0.3 is 0 Å². The van der Waals surface area contributed by atoms with Crippen LogP contribution >= 0.6 is 0 Å². The summed E-state index contributed by atoms with van der Waals surface area (Å²) in [5, 5.41) is 2.52. The molecule has 0 aliphatic heterocycles. The van der Waals surface area contributed by atoms with Crippen LogP contribution in [0, 0.1) is 13.8 Å². The van der Waals surface area contributed by atoms with Crippen LogP contribution in [0.3, 0.4) is 0 Å². The van der Waals surface area contributed by atoms with Crippen molar-refractivity contribution in [3.8, 4) is 17.1 Å². The van der Waals surface area contributed by atoms with Gasteiger partial charge in [0, 0.05) is 22.4 Å². The molecule has 3 nitrogen and oxygen atoms in total. The van der Waals surface area contributed by atoms with Crippen LogP contribution in [0.1, 0.15) is 11.1 Å². The zero-order chi connectivity index (χ0) is 18.4. The van der Waals surface area contributed by atoms with E-state index in [0.717, 1.165) is 17.1 Å². The van der Waals surface area contributed by atoms with E-state index >= 15 is 0 Å². The summed E-state index contributed by atoms with van der Waals surface area (Å²) in [7, 11) is 0. The quantitative estimate of drug-likeness (QED) is 0.400. The predicted molar refractivity (Wildman–Crippen MR) is 111 cm³/mol. The van der Waals surface area contributed by atoms with Gasteiger partial charge in [0.15, 0.2) is 0 Å². The van der Waals surface area contributed by atoms with Crippen molar-refractivity contribution in [1.82, 2.24) is 14.5 Å². The fourth-order valence-electron chi connectivity index (χ4n) is 3.73. The number of fused-ring (bicyclic) bond motifs is 3. The molecule has 5 rings (SSSR count). The van der Waals surface area contributed by atoms with Gasteiger partial charge in [-0.05, 0) is 38.1 Å². The van der Waals surface area contributed by atoms with E-state index in [1.165, 1.54) is 32.9 Å². The molecule has 0 spiro atoms. The van der Waals surface area contributed by atoms with Gasteiger partial charge in [0.2, 0.25) is 0 Å². The first-order chi connectivity index (χ1) is 13.2. The molecule has 0 aliphatic carbocycles. The first kappa shape index (κ1) is 15.8. The third-order valence-corrected chi connectivity index (χ3v) is 5.03. The van der Waals surface area contributed by atoms with Gasteiger partial charge in [-0.1, -0.05) is 53.6 Å². The van der Waals surface area contributed by atoms with Gasteiger partial charge in [0.05, 0.1) is 16.7 Å². The van der Waals surface area contributed by atoms with Gasteiger partial charge in [0.25, 0.3) is 0 Å². The van der Waals surface area contributed by atoms with Crippen LogP contribution in [-0.2, 0) is 0 Å². The van der Waals surface area contributed by atoms with E-state index in [1.54, 1.807) is 6.33 Å². The van der Waals surface area contributed by atoms with Crippen molar-refractivity contribution < 1.29 is 0 Å². The highest BCUT2D eigenvalue weighted by molar-refractivity contribution is 6.09. The van der Waals surface area contributed by atoms with Crippen molar-refractivity contribution in [1.29, 1.82) is 0 Å². The Morgan fingerprint density at radius 2 is 1.30 bits per heavy atom. The number of nitrogens with zero attached hydrogens (tertiary/aromatic N) is 3. The van der Waals surface area contributed by atoms with Crippen LogP contribution in [0.4, 0.5) is 0 Å². The number of benzene rings is 3. The number of rotatable bonds is 2. The Kier molecular flexibility index (Phi) is 3.54. The van der Waals surface area contributed by atoms with Crippen LogP contribution in [-0.4, -0.2) is 14.5 Å². The topological polar surface area (TPSA) is 30.7 Å². The molecule has 0 amide bonds. The zero-order valence-electron chi connectivity index (χ0n) is 15.3. The molecule has 0 N–H and O–H groups in total. The van der Waals surface area contributed by atoms with E-state index in [-0.39, 0.29) is 0 Å². The van der Waals surface area contributed by atoms with E-state index in [9.17, 15) is 0 Å². The Balaban J connectivity index is 1.83. The monoisotopic (exact) mass is 349 g/mol. The normalized spacial score (nSPS) is 11.3. The summed E-state index contributed by atoms with van der Waals surface area (Å²) in [5.74, 6) is 0.886. The number of hydrogen-bond acceptors (Lipinski definition) is 2. The summed E-state index contributed by atoms with van der Waals surface area (Å²) in [5.41, 5.74) is 6.87. The molecule has 0 fully saturated rings. The minimum absolute atomic E-state index is 0.886. The van der Waals surface area contributed by atoms with Gasteiger partial charge in [-0.3, -0.25) is 4.57 Å². The molecule has 0 radical (unpaired) electrons. The second-order valence-electron chi connectivity index (χ2n) is 7.00. The van der Waals surface area contributed by atoms with E-state index in [1.807, 2.05) is 18.2 Å². The van der Waals surface area contributed by atoms with Crippen LogP contribution in [0.25, 0.3) is 38.9 Å². The van der Waals surface area contributed by atoms with Crippen LogP contribution in [0.5, 0.6) is 0 Å². The van der Waals surface area contributed by atoms with Crippen molar-refractivity contribution in [2.75, 3.05) is 0 Å². The Morgan fingerprint density at radius 1 is 0.667 bits per heavy atom. The van der Waals surface area contributed by atoms with E-state index in [4.69, 9.17) is 0 Å². The molecular formula is C24H19N3. The summed E-state index contributed by atoms with van der Waals surface area (Å²) in [6.45, 7) is 4.27. The molecule has 0 atom stereocenters. The number of aromatic nitrogens is 3. The summed E-state index contributed by atoms with van der Waals surface area (Å²) in [6.07, 6.45) is 1.65. The third kappa shape index (κ3) is 2.59. The minimum atomic E-state index is 0.886. The molecule has 27 heavy (non-hydrogen) atoms. The molecule has 130 valence electrons. The fraction of sp³-hybridized carbons (Fsp3) is 0.0833. The molecular weight excluding hydrogens is 330 g/mol. The van der Waals surface area contributed by atoms with E-state index < -0.39 is 0 Å². The lowest BCUT2D eigenvalue weighted by Gasteiger charge is -2.08. The Labute approximate surface area is 157 Å². The summed E-state index contributed by atoms with van der Waals surface area (Å²) >= 11 is 0. The lowest BCUT2D eigenvalue weighted by atomic mass is 10.1. The van der Waals surface area contributed by atoms with Gasteiger partial charge in [-0.25, -0.2) is 9.97 Å². The SMILES string of the molecule is Cc1ccc2c(c1)c1cc(C)ccc1n2-c1cc(-c2ccccc2)ncn1. The first-order valence-corrected chi connectivity index (χ1v) is 9.10. The molecule has 3 heteroatoms. The molecule has 2 heterocycles. The molecule has 0 aliphatic rings. The highest BCUT2D eigenvalue weighted by Crippen LogP contribution is 2.33. The molecule has 0 saturated carbocycles. The maximum atomic E-state index is 4.60. The number of hydrogen-bond donors (Lipinski definition) is 0. The molecule has 0 bridgehead atoms. The van der Waals surface area contributed by atoms with Crippen molar-refractivity contribution in [2.45, 2.75) is 13.8 Å². The maximum Gasteiger partial charge on any atom is 0.141 e. The standard InChI is InChI=1S/C24H19N3/c1-16-8-10-22-19(12-16)20-13-17(2)9-11-23(20)27(22)24-14-21(25-15-26-24)18-6-4-3-5-7-18/h3-15H,1-2H3. The predicted octanol–water partition coefficient (Wildman–Crippen LogP) is 5.86. The molecule has 2 aromatic heterocycles. The van der Waals surface area contributed by atoms with Crippen LogP contribution < -0.4 is 0 Å². The summed E-state index contributed by atoms with van der Waals surface area (Å²) in [6, 6.07) is 25.5. The summed E-state index contributed by atoms with van der Waals surface area (Å²) in [4.78, 5) is 9.09. The highest BCUT2D eigenvalue weighted by Gasteiger charge is 2.14. The average Bonchev–Trinajstić information content (AvgIpc) is 3.02. The minimum Gasteiger partial charge on any atom is -0.294 e. The van der Waals surface area contributed by atoms with Gasteiger partial charge in [0.1, 0.15) is 12.1 Å². The lowest BCUT2D eigenvalue weighted by molar-refractivity contribution is 1.04. The van der Waals surface area contributed by atoms with Crippen molar-refractivity contribution in [3.05, 3.63) is 90.3 Å². The summed E-state index contributed by atoms with van der Waals surface area (Å²) < 4.78 is 2.23. The fourth-order valence-corrected chi connectivity index (χ4v) is 3.73. The lowest BCUT2D eigenvalue weighted by Crippen LogP contribution is -1.99. The van der Waals surface area contributed by atoms with Crippen LogP contribution in [0.2, 0.25) is 0 Å². The third-order valence-electron chi connectivity index (χ3n) is 5.03. The van der Waals surface area contributed by atoms with Gasteiger partial charge < -0.3 is 0 Å². The second-order valence-corrected chi connectivity index (χ2v) is 7.00. The highest BCUT2D eigenvalue weighted by atomic mass is 15.1. The largest absolute Gasteiger partial charge is 0.294 e. The molecule has 0 saturated heterocycles. The Hall–Kier alpha value is -3.46. The maximum absolute atomic E-state index is 4.60. The number of aryl methyl sites for hydroxylation is 2. The van der Waals surface area contributed by atoms with Crippen LogP contribution in [0.15, 0.2) is 79.1 Å². The molecule has 3 aromatic carbocycles. The van der Waals surface area contributed by atoms with Crippen molar-refractivity contribution in [3.63, 3.8) is 0 Å². The average molecular weight is 349 g/mol. The van der Waals surface area contributed by atoms with Gasteiger partial charge in [-0.15, -0.1) is 0 Å². The smallest absolute Gasteiger partial charge is 0.141 e. The van der Waals surface area contributed by atoms with E-state index in [0.29, 0.717) is 0 Å². The van der Waals surface area contributed by atoms with E-state index in [2.05, 4.69) is 83.0 Å². The Bertz CT molecular complexity index is 1220. The first-order valence-electron chi connectivity index (χ1n) is 9.10. The molecule has 5 aromatic rings. The van der Waals surface area contributed by atoms with Gasteiger partial charge in [-0.2, -0.15) is 0 Å². The van der Waals surface area contributed by atoms with Crippen molar-refractivity contribution >= 4 is 21.8 Å². The second kappa shape index (κ2) is 6.06. The Morgan fingerprint density at radius 3 is 1.93 bits per heavy atom. The molecule has 0 unspecified atom stereocenters.